The van der Waals surface area contributed by atoms with Gasteiger partial charge in [-0.25, -0.2) is 0 Å². The van der Waals surface area contributed by atoms with E-state index in [1.165, 1.54) is 6.92 Å². The Kier molecular flexibility index (Phi) is 6.88. The van der Waals surface area contributed by atoms with E-state index >= 15 is 0 Å². The Balaban J connectivity index is 1.47. The second-order valence-corrected chi connectivity index (χ2v) is 7.51. The van der Waals surface area contributed by atoms with Crippen molar-refractivity contribution in [2.45, 2.75) is 19.8 Å². The van der Waals surface area contributed by atoms with Gasteiger partial charge in [-0.15, -0.1) is 0 Å². The number of carbonyl (C=O) groups excluding carboxylic acids is 3. The van der Waals surface area contributed by atoms with Crippen LogP contribution in [0, 0.1) is 5.92 Å². The molecule has 0 atom stereocenters. The third-order valence-corrected chi connectivity index (χ3v) is 5.15. The predicted octanol–water partition coefficient (Wildman–Crippen LogP) is 3.55. The third-order valence-electron chi connectivity index (χ3n) is 4.90. The first-order chi connectivity index (χ1) is 13.9. The van der Waals surface area contributed by atoms with Gasteiger partial charge >= 0.3 is 5.97 Å². The summed E-state index contributed by atoms with van der Waals surface area (Å²) >= 11 is 5.88. The number of nitrogens with zero attached hydrogens (tertiary/aromatic N) is 1. The molecule has 152 valence electrons. The van der Waals surface area contributed by atoms with Crippen LogP contribution < -0.4 is 10.1 Å². The lowest BCUT2D eigenvalue weighted by molar-refractivity contribution is -0.131. The number of halogens is 1. The molecule has 1 heterocycles. The van der Waals surface area contributed by atoms with Crippen molar-refractivity contribution in [3.63, 3.8) is 0 Å². The Morgan fingerprint density at radius 1 is 1.07 bits per heavy atom. The van der Waals surface area contributed by atoms with Gasteiger partial charge in [-0.05, 0) is 61.2 Å². The van der Waals surface area contributed by atoms with Crippen molar-refractivity contribution < 1.29 is 19.1 Å². The molecule has 0 unspecified atom stereocenters. The third kappa shape index (κ3) is 5.81. The molecule has 0 bridgehead atoms. The lowest BCUT2D eigenvalue weighted by atomic mass is 9.96. The maximum Gasteiger partial charge on any atom is 0.308 e. The highest BCUT2D eigenvalue weighted by molar-refractivity contribution is 6.30. The largest absolute Gasteiger partial charge is 0.427 e. The molecule has 3 rings (SSSR count). The first-order valence-corrected chi connectivity index (χ1v) is 9.91. The molecule has 6 nitrogen and oxygen atoms in total. The summed E-state index contributed by atoms with van der Waals surface area (Å²) in [6, 6.07) is 13.4. The van der Waals surface area contributed by atoms with Crippen LogP contribution in [-0.4, -0.2) is 42.3 Å². The van der Waals surface area contributed by atoms with Crippen LogP contribution in [0.25, 0.3) is 0 Å². The maximum atomic E-state index is 12.6. The van der Waals surface area contributed by atoms with E-state index in [9.17, 15) is 14.4 Å². The number of nitrogens with one attached hydrogen (secondary N) is 1. The van der Waals surface area contributed by atoms with Crippen molar-refractivity contribution >= 4 is 29.4 Å². The number of hydrogen-bond donors (Lipinski definition) is 1. The van der Waals surface area contributed by atoms with E-state index in [0.29, 0.717) is 47.5 Å². The molecule has 1 fully saturated rings. The summed E-state index contributed by atoms with van der Waals surface area (Å²) in [5.41, 5.74) is 1.08. The van der Waals surface area contributed by atoms with Crippen LogP contribution in [0.3, 0.4) is 0 Å². The van der Waals surface area contributed by atoms with E-state index in [4.69, 9.17) is 16.3 Å². The minimum absolute atomic E-state index is 0.00596. The lowest BCUT2D eigenvalue weighted by Crippen LogP contribution is -2.41. The molecule has 0 saturated carbocycles. The van der Waals surface area contributed by atoms with Crippen molar-refractivity contribution in [2.75, 3.05) is 19.6 Å². The van der Waals surface area contributed by atoms with Crippen molar-refractivity contribution in [3.05, 3.63) is 64.7 Å². The molecule has 2 aromatic rings. The van der Waals surface area contributed by atoms with Gasteiger partial charge in [0.05, 0.1) is 0 Å². The summed E-state index contributed by atoms with van der Waals surface area (Å²) in [7, 11) is 0. The van der Waals surface area contributed by atoms with Gasteiger partial charge in [0.25, 0.3) is 11.8 Å². The van der Waals surface area contributed by atoms with Crippen LogP contribution in [-0.2, 0) is 4.79 Å². The maximum absolute atomic E-state index is 12.6. The molecule has 2 amide bonds. The van der Waals surface area contributed by atoms with E-state index in [1.807, 2.05) is 4.90 Å². The van der Waals surface area contributed by atoms with Gasteiger partial charge in [-0.1, -0.05) is 17.7 Å². The molecule has 0 spiro atoms. The molecule has 1 saturated heterocycles. The first-order valence-electron chi connectivity index (χ1n) is 9.54. The van der Waals surface area contributed by atoms with Gasteiger partial charge in [-0.3, -0.25) is 14.4 Å². The number of esters is 1. The van der Waals surface area contributed by atoms with E-state index in [1.54, 1.807) is 48.5 Å². The Bertz CT molecular complexity index is 890. The monoisotopic (exact) mass is 414 g/mol. The second kappa shape index (κ2) is 9.56. The van der Waals surface area contributed by atoms with Crippen LogP contribution in [0.2, 0.25) is 5.02 Å². The predicted molar refractivity (Wildman–Crippen MR) is 110 cm³/mol. The number of rotatable bonds is 5. The summed E-state index contributed by atoms with van der Waals surface area (Å²) < 4.78 is 5.01. The Morgan fingerprint density at radius 3 is 2.41 bits per heavy atom. The molecule has 2 aromatic carbocycles. The minimum Gasteiger partial charge on any atom is -0.427 e. The van der Waals surface area contributed by atoms with Crippen molar-refractivity contribution in [2.24, 2.45) is 5.92 Å². The number of likely N-dealkylation sites (tertiary alicyclic amines) is 1. The standard InChI is InChI=1S/C22H23ClN2O4/c1-15(26)29-20-4-2-3-18(13-20)21(27)24-14-16-9-11-25(12-10-16)22(28)17-5-7-19(23)8-6-17/h2-8,13,16H,9-12,14H2,1H3,(H,24,27). The van der Waals surface area contributed by atoms with Crippen LogP contribution in [0.4, 0.5) is 0 Å². The highest BCUT2D eigenvalue weighted by Crippen LogP contribution is 2.20. The molecular weight excluding hydrogens is 392 g/mol. The van der Waals surface area contributed by atoms with Crippen molar-refractivity contribution in [1.82, 2.24) is 10.2 Å². The fourth-order valence-electron chi connectivity index (χ4n) is 3.32. The van der Waals surface area contributed by atoms with Crippen molar-refractivity contribution in [1.29, 1.82) is 0 Å². The van der Waals surface area contributed by atoms with E-state index in [-0.39, 0.29) is 11.8 Å². The molecule has 0 aliphatic carbocycles. The van der Waals surface area contributed by atoms with E-state index in [2.05, 4.69) is 5.32 Å². The molecule has 1 aliphatic rings. The van der Waals surface area contributed by atoms with E-state index < -0.39 is 5.97 Å². The van der Waals surface area contributed by atoms with Gasteiger partial charge in [-0.2, -0.15) is 0 Å². The highest BCUT2D eigenvalue weighted by atomic mass is 35.5. The number of piperidine rings is 1. The second-order valence-electron chi connectivity index (χ2n) is 7.07. The zero-order chi connectivity index (χ0) is 20.8. The van der Waals surface area contributed by atoms with Gasteiger partial charge in [0.2, 0.25) is 0 Å². The minimum atomic E-state index is -0.428. The number of ether oxygens (including phenoxy) is 1. The van der Waals surface area contributed by atoms with Gasteiger partial charge in [0.1, 0.15) is 5.75 Å². The summed E-state index contributed by atoms with van der Waals surface area (Å²) in [6.07, 6.45) is 1.65. The fraction of sp³-hybridized carbons (Fsp3) is 0.318. The Hall–Kier alpha value is -2.86. The Morgan fingerprint density at radius 2 is 1.76 bits per heavy atom. The highest BCUT2D eigenvalue weighted by Gasteiger charge is 2.24. The normalized spacial score (nSPS) is 14.3. The number of amides is 2. The SMILES string of the molecule is CC(=O)Oc1cccc(C(=O)NCC2CCN(C(=O)c3ccc(Cl)cc3)CC2)c1. The molecule has 1 N–H and O–H groups in total. The lowest BCUT2D eigenvalue weighted by Gasteiger charge is -2.32. The summed E-state index contributed by atoms with van der Waals surface area (Å²) in [4.78, 5) is 37.8. The average molecular weight is 415 g/mol. The van der Waals surface area contributed by atoms with Crippen LogP contribution in [0.1, 0.15) is 40.5 Å². The van der Waals surface area contributed by atoms with Gasteiger partial charge < -0.3 is 15.0 Å². The Labute approximate surface area is 174 Å². The quantitative estimate of drug-likeness (QED) is 0.599. The molecule has 1 aliphatic heterocycles. The van der Waals surface area contributed by atoms with Crippen LogP contribution >= 0.6 is 11.6 Å². The number of benzene rings is 2. The van der Waals surface area contributed by atoms with Gasteiger partial charge in [0, 0.05) is 42.7 Å². The molecule has 29 heavy (non-hydrogen) atoms. The van der Waals surface area contributed by atoms with Crippen LogP contribution in [0.5, 0.6) is 5.75 Å². The zero-order valence-electron chi connectivity index (χ0n) is 16.2. The molecular formula is C22H23ClN2O4. The average Bonchev–Trinajstić information content (AvgIpc) is 2.72. The first kappa shape index (κ1) is 20.9. The topological polar surface area (TPSA) is 75.7 Å². The van der Waals surface area contributed by atoms with E-state index in [0.717, 1.165) is 12.8 Å². The zero-order valence-corrected chi connectivity index (χ0v) is 16.9. The number of hydrogen-bond acceptors (Lipinski definition) is 4. The molecule has 0 aromatic heterocycles. The smallest absolute Gasteiger partial charge is 0.308 e. The molecule has 0 radical (unpaired) electrons. The van der Waals surface area contributed by atoms with Crippen molar-refractivity contribution in [3.8, 4) is 5.75 Å². The summed E-state index contributed by atoms with van der Waals surface area (Å²) in [5, 5.41) is 3.54. The van der Waals surface area contributed by atoms with Gasteiger partial charge in [0.15, 0.2) is 0 Å². The summed E-state index contributed by atoms with van der Waals surface area (Å²) in [5.74, 6) is 0.0246. The van der Waals surface area contributed by atoms with Crippen LogP contribution in [0.15, 0.2) is 48.5 Å². The fourth-order valence-corrected chi connectivity index (χ4v) is 3.45. The number of carbonyl (C=O) groups is 3. The summed E-state index contributed by atoms with van der Waals surface area (Å²) in [6.45, 7) is 3.17. The molecule has 7 heteroatoms.